The average Bonchev–Trinajstić information content (AvgIpc) is 3.20. The first-order valence-electron chi connectivity index (χ1n) is 9.13. The summed E-state index contributed by atoms with van der Waals surface area (Å²) < 4.78 is 2.38. The Kier molecular flexibility index (Phi) is 3.66. The van der Waals surface area contributed by atoms with Gasteiger partial charge in [-0.05, 0) is 67.6 Å². The number of fused-ring (bicyclic) bond motifs is 4. The first-order valence-corrected chi connectivity index (χ1v) is 9.51. The number of rotatable bonds is 1. The molecule has 0 spiro atoms. The molecule has 0 saturated heterocycles. The van der Waals surface area contributed by atoms with Gasteiger partial charge >= 0.3 is 0 Å². The van der Waals surface area contributed by atoms with E-state index in [-0.39, 0.29) is 0 Å². The molecule has 0 bridgehead atoms. The second kappa shape index (κ2) is 5.93. The highest BCUT2D eigenvalue weighted by molar-refractivity contribution is 6.31. The monoisotopic (exact) mass is 364 g/mol. The molecule has 5 heteroatoms. The zero-order valence-electron chi connectivity index (χ0n) is 15.1. The predicted molar refractivity (Wildman–Crippen MR) is 106 cm³/mol. The Morgan fingerprint density at radius 1 is 1.19 bits per heavy atom. The lowest BCUT2D eigenvalue weighted by Crippen LogP contribution is -2.27. The van der Waals surface area contributed by atoms with Crippen LogP contribution in [0.5, 0.6) is 0 Å². The van der Waals surface area contributed by atoms with Gasteiger partial charge in [-0.25, -0.2) is 4.98 Å². The van der Waals surface area contributed by atoms with Gasteiger partial charge in [-0.2, -0.15) is 0 Å². The standard InChI is InChI=1S/C21H21ClN4/c1-13(16-4-3-14-10-23-7-5-17(14)16)26-20-12-25(2)8-6-18(20)19-9-15(22)11-24-21(19)26/h5,7,9-11H,3-4,6,8,12H2,1-2H3/b16-13+. The van der Waals surface area contributed by atoms with Crippen LogP contribution in [0.3, 0.4) is 0 Å². The Morgan fingerprint density at radius 3 is 2.96 bits per heavy atom. The molecule has 1 aliphatic heterocycles. The van der Waals surface area contributed by atoms with Crippen LogP contribution in [0.15, 0.2) is 30.7 Å². The number of allylic oxidation sites excluding steroid dienone is 2. The third-order valence-electron chi connectivity index (χ3n) is 5.80. The molecule has 2 aliphatic rings. The zero-order chi connectivity index (χ0) is 17.8. The van der Waals surface area contributed by atoms with Crippen molar-refractivity contribution in [1.82, 2.24) is 19.4 Å². The van der Waals surface area contributed by atoms with E-state index >= 15 is 0 Å². The van der Waals surface area contributed by atoms with E-state index in [4.69, 9.17) is 16.6 Å². The van der Waals surface area contributed by atoms with Gasteiger partial charge in [0, 0.05) is 48.5 Å². The number of likely N-dealkylation sites (N-methyl/N-ethyl adjacent to an activating group) is 1. The summed E-state index contributed by atoms with van der Waals surface area (Å²) in [6, 6.07) is 4.23. The molecular weight excluding hydrogens is 344 g/mol. The summed E-state index contributed by atoms with van der Waals surface area (Å²) in [4.78, 5) is 11.4. The van der Waals surface area contributed by atoms with Crippen LogP contribution in [-0.4, -0.2) is 33.0 Å². The fourth-order valence-electron chi connectivity index (χ4n) is 4.52. The molecule has 1 aliphatic carbocycles. The van der Waals surface area contributed by atoms with E-state index in [1.165, 1.54) is 39.0 Å². The van der Waals surface area contributed by atoms with Crippen molar-refractivity contribution in [3.63, 3.8) is 0 Å². The minimum Gasteiger partial charge on any atom is -0.300 e. The molecule has 0 unspecified atom stereocenters. The number of hydrogen-bond donors (Lipinski definition) is 0. The van der Waals surface area contributed by atoms with Crippen molar-refractivity contribution in [2.24, 2.45) is 0 Å². The Bertz CT molecular complexity index is 1060. The molecule has 0 saturated carbocycles. The summed E-state index contributed by atoms with van der Waals surface area (Å²) >= 11 is 6.27. The van der Waals surface area contributed by atoms with Gasteiger partial charge < -0.3 is 9.47 Å². The van der Waals surface area contributed by atoms with Crippen LogP contribution in [0.25, 0.3) is 22.3 Å². The smallest absolute Gasteiger partial charge is 0.144 e. The van der Waals surface area contributed by atoms with Crippen molar-refractivity contribution in [2.75, 3.05) is 13.6 Å². The van der Waals surface area contributed by atoms with Crippen LogP contribution >= 0.6 is 11.6 Å². The van der Waals surface area contributed by atoms with Crippen molar-refractivity contribution in [1.29, 1.82) is 0 Å². The molecule has 132 valence electrons. The normalized spacial score (nSPS) is 18.9. The molecular formula is C21H21ClN4. The molecule has 0 radical (unpaired) electrons. The van der Waals surface area contributed by atoms with Crippen LogP contribution in [0.1, 0.15) is 35.7 Å². The fraction of sp³-hybridized carbons (Fsp3) is 0.333. The minimum absolute atomic E-state index is 0.707. The van der Waals surface area contributed by atoms with Gasteiger partial charge in [0.1, 0.15) is 5.65 Å². The lowest BCUT2D eigenvalue weighted by molar-refractivity contribution is 0.307. The molecule has 4 heterocycles. The molecule has 5 rings (SSSR count). The number of aryl methyl sites for hydroxylation is 1. The average molecular weight is 365 g/mol. The molecule has 4 nitrogen and oxygen atoms in total. The van der Waals surface area contributed by atoms with Crippen molar-refractivity contribution in [2.45, 2.75) is 32.7 Å². The molecule has 26 heavy (non-hydrogen) atoms. The Morgan fingerprint density at radius 2 is 2.08 bits per heavy atom. The summed E-state index contributed by atoms with van der Waals surface area (Å²) in [5, 5.41) is 1.91. The number of pyridine rings is 2. The van der Waals surface area contributed by atoms with Gasteiger partial charge in [0.15, 0.2) is 0 Å². The van der Waals surface area contributed by atoms with Gasteiger partial charge in [-0.3, -0.25) is 4.98 Å². The Hall–Kier alpha value is -2.17. The largest absolute Gasteiger partial charge is 0.300 e. The van der Waals surface area contributed by atoms with E-state index in [0.717, 1.165) is 38.0 Å². The highest BCUT2D eigenvalue weighted by atomic mass is 35.5. The lowest BCUT2D eigenvalue weighted by Gasteiger charge is -2.25. The molecule has 0 atom stereocenters. The lowest BCUT2D eigenvalue weighted by atomic mass is 10.0. The van der Waals surface area contributed by atoms with Gasteiger partial charge in [0.2, 0.25) is 0 Å². The molecule has 0 fully saturated rings. The predicted octanol–water partition coefficient (Wildman–Crippen LogP) is 4.41. The highest BCUT2D eigenvalue weighted by Crippen LogP contribution is 2.39. The van der Waals surface area contributed by atoms with Gasteiger partial charge in [0.25, 0.3) is 0 Å². The molecule has 0 aromatic carbocycles. The molecule has 0 amide bonds. The summed E-state index contributed by atoms with van der Waals surface area (Å²) in [5.74, 6) is 0. The third kappa shape index (κ3) is 2.32. The summed E-state index contributed by atoms with van der Waals surface area (Å²) in [7, 11) is 2.18. The SMILES string of the molecule is C/C(=C1/CCc2cnccc21)n1c2c(c3cc(Cl)cnc31)CCN(C)C2. The number of halogens is 1. The van der Waals surface area contributed by atoms with E-state index in [1.807, 2.05) is 12.4 Å². The Labute approximate surface area is 158 Å². The van der Waals surface area contributed by atoms with Crippen LogP contribution in [0.4, 0.5) is 0 Å². The van der Waals surface area contributed by atoms with Crippen molar-refractivity contribution >= 4 is 33.9 Å². The van der Waals surface area contributed by atoms with Crippen molar-refractivity contribution in [3.8, 4) is 0 Å². The van der Waals surface area contributed by atoms with E-state index in [1.54, 1.807) is 6.20 Å². The van der Waals surface area contributed by atoms with E-state index in [9.17, 15) is 0 Å². The molecule has 0 N–H and O–H groups in total. The van der Waals surface area contributed by atoms with E-state index < -0.39 is 0 Å². The van der Waals surface area contributed by atoms with Gasteiger partial charge in [-0.1, -0.05) is 11.6 Å². The van der Waals surface area contributed by atoms with Gasteiger partial charge in [-0.15, -0.1) is 0 Å². The van der Waals surface area contributed by atoms with E-state index in [2.05, 4.69) is 40.6 Å². The van der Waals surface area contributed by atoms with Crippen molar-refractivity contribution < 1.29 is 0 Å². The molecule has 3 aromatic heterocycles. The molecule has 3 aromatic rings. The third-order valence-corrected chi connectivity index (χ3v) is 6.00. The number of nitrogens with zero attached hydrogens (tertiary/aromatic N) is 4. The second-order valence-electron chi connectivity index (χ2n) is 7.37. The highest BCUT2D eigenvalue weighted by Gasteiger charge is 2.26. The maximum atomic E-state index is 6.27. The van der Waals surface area contributed by atoms with Crippen LogP contribution < -0.4 is 0 Å². The van der Waals surface area contributed by atoms with Crippen molar-refractivity contribution in [3.05, 3.63) is 58.1 Å². The Balaban J connectivity index is 1.80. The summed E-state index contributed by atoms with van der Waals surface area (Å²) in [5.41, 5.74) is 9.17. The second-order valence-corrected chi connectivity index (χ2v) is 7.81. The van der Waals surface area contributed by atoms with Crippen LogP contribution in [0, 0.1) is 0 Å². The van der Waals surface area contributed by atoms with Crippen LogP contribution in [0.2, 0.25) is 5.02 Å². The first-order chi connectivity index (χ1) is 12.6. The summed E-state index contributed by atoms with van der Waals surface area (Å²) in [6.45, 7) is 4.25. The van der Waals surface area contributed by atoms with Crippen LogP contribution in [-0.2, 0) is 19.4 Å². The fourth-order valence-corrected chi connectivity index (χ4v) is 4.68. The number of aromatic nitrogens is 3. The summed E-state index contributed by atoms with van der Waals surface area (Å²) in [6.07, 6.45) is 8.83. The number of hydrogen-bond acceptors (Lipinski definition) is 3. The van der Waals surface area contributed by atoms with Gasteiger partial charge in [0.05, 0.1) is 5.02 Å². The first kappa shape index (κ1) is 16.0. The maximum Gasteiger partial charge on any atom is 0.144 e. The topological polar surface area (TPSA) is 34.0 Å². The zero-order valence-corrected chi connectivity index (χ0v) is 15.8. The van der Waals surface area contributed by atoms with E-state index in [0.29, 0.717) is 5.02 Å². The quantitative estimate of drug-likeness (QED) is 0.641. The maximum absolute atomic E-state index is 6.27. The minimum atomic E-state index is 0.707.